The molecule has 4 aliphatic rings. The first-order chi connectivity index (χ1) is 9.43. The van der Waals surface area contributed by atoms with Crippen molar-refractivity contribution in [3.05, 3.63) is 29.8 Å². The average molecular weight is 271 g/mol. The number of hydrogen-bond donors (Lipinski definition) is 1. The van der Waals surface area contributed by atoms with E-state index >= 15 is 0 Å². The number of para-hydroxylation sites is 1. The lowest BCUT2D eigenvalue weighted by Crippen LogP contribution is -2.75. The molecule has 5 rings (SSSR count). The Morgan fingerprint density at radius 1 is 1.05 bits per heavy atom. The first kappa shape index (κ1) is 12.4. The van der Waals surface area contributed by atoms with E-state index in [9.17, 15) is 4.79 Å². The van der Waals surface area contributed by atoms with Crippen molar-refractivity contribution in [2.45, 2.75) is 20.0 Å². The van der Waals surface area contributed by atoms with Gasteiger partial charge in [-0.25, -0.2) is 0 Å². The van der Waals surface area contributed by atoms with Crippen LogP contribution in [0.3, 0.4) is 0 Å². The number of piperidine rings is 2. The van der Waals surface area contributed by atoms with Gasteiger partial charge in [-0.15, -0.1) is 0 Å². The molecule has 106 valence electrons. The molecule has 4 bridgehead atoms. The summed E-state index contributed by atoms with van der Waals surface area (Å²) in [6, 6.07) is 8.12. The molecule has 20 heavy (non-hydrogen) atoms. The van der Waals surface area contributed by atoms with E-state index in [0.29, 0.717) is 5.78 Å². The minimum absolute atomic E-state index is 0.203. The quantitative estimate of drug-likeness (QED) is 0.786. The zero-order chi connectivity index (χ0) is 14.1. The molecule has 0 radical (unpaired) electrons. The van der Waals surface area contributed by atoms with Crippen LogP contribution >= 0.6 is 0 Å². The van der Waals surface area contributed by atoms with Crippen LogP contribution in [0.2, 0.25) is 0 Å². The van der Waals surface area contributed by atoms with Gasteiger partial charge in [0.1, 0.15) is 5.78 Å². The first-order valence-electron chi connectivity index (χ1n) is 7.30. The van der Waals surface area contributed by atoms with Crippen LogP contribution in [0.5, 0.6) is 0 Å². The lowest BCUT2D eigenvalue weighted by atomic mass is 9.62. The minimum Gasteiger partial charge on any atom is -0.398 e. The zero-order valence-electron chi connectivity index (χ0n) is 12.1. The Labute approximate surface area is 119 Å². The van der Waals surface area contributed by atoms with E-state index in [4.69, 9.17) is 5.73 Å². The van der Waals surface area contributed by atoms with Crippen LogP contribution in [0.25, 0.3) is 0 Å². The van der Waals surface area contributed by atoms with Gasteiger partial charge in [-0.05, 0) is 6.07 Å². The van der Waals surface area contributed by atoms with E-state index in [1.165, 1.54) is 5.56 Å². The summed E-state index contributed by atoms with van der Waals surface area (Å²) in [7, 11) is 0. The molecular formula is C16H21N3O. The summed E-state index contributed by atoms with van der Waals surface area (Å²) in [4.78, 5) is 17.5. The Kier molecular flexibility index (Phi) is 2.24. The maximum absolute atomic E-state index is 12.6. The van der Waals surface area contributed by atoms with Crippen molar-refractivity contribution in [1.29, 1.82) is 0 Å². The Hall–Kier alpha value is -1.39. The second-order valence-electron chi connectivity index (χ2n) is 7.26. The van der Waals surface area contributed by atoms with Gasteiger partial charge in [0.15, 0.2) is 0 Å². The molecule has 4 nitrogen and oxygen atoms in total. The highest BCUT2D eigenvalue weighted by molar-refractivity contribution is 5.92. The molecule has 4 heteroatoms. The Balaban J connectivity index is 1.78. The van der Waals surface area contributed by atoms with Crippen molar-refractivity contribution >= 4 is 11.5 Å². The molecule has 4 saturated heterocycles. The molecule has 0 saturated carbocycles. The van der Waals surface area contributed by atoms with E-state index in [2.05, 4.69) is 29.7 Å². The molecule has 0 spiro atoms. The van der Waals surface area contributed by atoms with Gasteiger partial charge in [0.05, 0.1) is 17.0 Å². The number of hydrogen-bond acceptors (Lipinski definition) is 4. The van der Waals surface area contributed by atoms with Gasteiger partial charge < -0.3 is 5.73 Å². The van der Waals surface area contributed by atoms with Crippen molar-refractivity contribution < 1.29 is 4.79 Å². The van der Waals surface area contributed by atoms with Crippen molar-refractivity contribution in [3.8, 4) is 0 Å². The predicted octanol–water partition coefficient (Wildman–Crippen LogP) is 1.49. The smallest absolute Gasteiger partial charge is 0.149 e. The number of nitrogens with two attached hydrogens (primary N) is 1. The summed E-state index contributed by atoms with van der Waals surface area (Å²) in [6.07, 6.45) is 0.241. The molecule has 1 aromatic rings. The second-order valence-corrected chi connectivity index (χ2v) is 7.26. The van der Waals surface area contributed by atoms with Crippen LogP contribution in [0.4, 0.5) is 5.69 Å². The predicted molar refractivity (Wildman–Crippen MR) is 78.0 cm³/mol. The maximum atomic E-state index is 12.6. The third-order valence-corrected chi connectivity index (χ3v) is 5.27. The summed E-state index contributed by atoms with van der Waals surface area (Å²) >= 11 is 0. The highest BCUT2D eigenvalue weighted by Gasteiger charge is 2.62. The van der Waals surface area contributed by atoms with Crippen molar-refractivity contribution in [2.24, 2.45) is 10.8 Å². The zero-order valence-corrected chi connectivity index (χ0v) is 12.1. The molecule has 0 atom stereocenters. The molecule has 4 fully saturated rings. The lowest BCUT2D eigenvalue weighted by Gasteiger charge is -2.64. The van der Waals surface area contributed by atoms with E-state index in [-0.39, 0.29) is 17.0 Å². The van der Waals surface area contributed by atoms with Crippen molar-refractivity contribution in [1.82, 2.24) is 9.80 Å². The van der Waals surface area contributed by atoms with Gasteiger partial charge in [-0.1, -0.05) is 32.0 Å². The van der Waals surface area contributed by atoms with Crippen LogP contribution in [-0.4, -0.2) is 41.8 Å². The van der Waals surface area contributed by atoms with Gasteiger partial charge in [0.2, 0.25) is 0 Å². The summed E-state index contributed by atoms with van der Waals surface area (Å²) in [5, 5.41) is 0. The molecule has 1 aromatic carbocycles. The van der Waals surface area contributed by atoms with E-state index in [0.717, 1.165) is 31.9 Å². The fourth-order valence-electron chi connectivity index (χ4n) is 4.74. The lowest BCUT2D eigenvalue weighted by molar-refractivity contribution is -0.196. The number of anilines is 1. The van der Waals surface area contributed by atoms with Gasteiger partial charge in [-0.2, -0.15) is 0 Å². The number of carbonyl (C=O) groups is 1. The number of carbonyl (C=O) groups excluding carboxylic acids is 1. The molecule has 0 unspecified atom stereocenters. The molecule has 0 amide bonds. The summed E-state index contributed by atoms with van der Waals surface area (Å²) < 4.78 is 0. The summed E-state index contributed by atoms with van der Waals surface area (Å²) in [5.41, 5.74) is 7.81. The molecule has 4 heterocycles. The van der Waals surface area contributed by atoms with E-state index in [1.54, 1.807) is 0 Å². The van der Waals surface area contributed by atoms with Crippen molar-refractivity contribution in [2.75, 3.05) is 31.9 Å². The average Bonchev–Trinajstić information content (AvgIpc) is 2.36. The minimum atomic E-state index is -0.203. The highest BCUT2D eigenvalue weighted by Crippen LogP contribution is 2.52. The molecular weight excluding hydrogens is 250 g/mol. The van der Waals surface area contributed by atoms with Gasteiger partial charge >= 0.3 is 0 Å². The normalized spacial score (nSPS) is 45.9. The number of nitrogens with zero attached hydrogens (tertiary/aromatic N) is 2. The van der Waals surface area contributed by atoms with Crippen LogP contribution in [-0.2, 0) is 4.79 Å². The highest BCUT2D eigenvalue weighted by atomic mass is 16.1. The number of Topliss-reactive ketones (excluding diaryl/α,β-unsaturated/α-hetero) is 1. The monoisotopic (exact) mass is 271 g/mol. The third-order valence-electron chi connectivity index (χ3n) is 5.27. The third kappa shape index (κ3) is 1.41. The maximum Gasteiger partial charge on any atom is 0.149 e. The van der Waals surface area contributed by atoms with Crippen LogP contribution < -0.4 is 5.73 Å². The molecule has 4 aliphatic heterocycles. The summed E-state index contributed by atoms with van der Waals surface area (Å²) in [5.74, 6) is 0.456. The molecule has 0 aliphatic carbocycles. The van der Waals surface area contributed by atoms with Gasteiger partial charge in [0, 0.05) is 37.4 Å². The van der Waals surface area contributed by atoms with Crippen LogP contribution in [0.15, 0.2) is 24.3 Å². The fraction of sp³-hybridized carbons (Fsp3) is 0.562. The Bertz CT molecular complexity index is 557. The van der Waals surface area contributed by atoms with Crippen LogP contribution in [0, 0.1) is 10.8 Å². The number of benzene rings is 1. The standard InChI is InChI=1S/C16H21N3O/c1-15-7-18-9-16(2,14(15)20)10-19(8-15)13(18)11-5-3-4-6-12(11)17/h3-6,13H,7-10,17H2,1-2H3. The van der Waals surface area contributed by atoms with E-state index < -0.39 is 0 Å². The first-order valence-corrected chi connectivity index (χ1v) is 7.30. The molecule has 2 N–H and O–H groups in total. The largest absolute Gasteiger partial charge is 0.398 e. The molecule has 0 aromatic heterocycles. The van der Waals surface area contributed by atoms with Gasteiger partial charge in [-0.3, -0.25) is 14.6 Å². The van der Waals surface area contributed by atoms with Crippen LogP contribution in [0.1, 0.15) is 25.6 Å². The van der Waals surface area contributed by atoms with Gasteiger partial charge in [0.25, 0.3) is 0 Å². The number of rotatable bonds is 1. The van der Waals surface area contributed by atoms with Crippen molar-refractivity contribution in [3.63, 3.8) is 0 Å². The summed E-state index contributed by atoms with van der Waals surface area (Å²) in [6.45, 7) is 7.68. The second kappa shape index (κ2) is 3.62. The number of nitrogen functional groups attached to an aromatic ring is 1. The topological polar surface area (TPSA) is 49.6 Å². The Morgan fingerprint density at radius 2 is 1.55 bits per heavy atom. The Morgan fingerprint density at radius 3 is 2.05 bits per heavy atom. The van der Waals surface area contributed by atoms with E-state index in [1.807, 2.05) is 18.2 Å². The fourth-order valence-corrected chi connectivity index (χ4v) is 4.74. The SMILES string of the molecule is CC12CN3CC(C)(CN(C1)C3c1ccccc1N)C2=O. The number of ketones is 1.